The molecule has 3 heterocycles. The van der Waals surface area contributed by atoms with Gasteiger partial charge in [-0.05, 0) is 55.7 Å². The fourth-order valence-corrected chi connectivity index (χ4v) is 4.57. The molecule has 2 fully saturated rings. The Kier molecular flexibility index (Phi) is 5.76. The molecular weight excluding hydrogens is 419 g/mol. The quantitative estimate of drug-likeness (QED) is 0.517. The summed E-state index contributed by atoms with van der Waals surface area (Å²) in [7, 11) is 0. The standard InChI is InChI=1S/C25H27FN6O/c1-16-4-3-9-28-23(16)25(11-19(26)12-25)15-29-22-8-7-21(31-32-22)17-5-2-6-18(10-17)24(33)30-20-13-27-14-20/h2-10,19-20,27H,11-15H2,1H3,(H,29,32)(H,30,33). The highest BCUT2D eigenvalue weighted by molar-refractivity contribution is 5.95. The molecular formula is C25H27FN6O. The number of nitrogens with zero attached hydrogens (tertiary/aromatic N) is 3. The van der Waals surface area contributed by atoms with E-state index in [4.69, 9.17) is 0 Å². The van der Waals surface area contributed by atoms with Gasteiger partial charge in [0.2, 0.25) is 0 Å². The lowest BCUT2D eigenvalue weighted by Gasteiger charge is -2.44. The smallest absolute Gasteiger partial charge is 0.251 e. The fourth-order valence-electron chi connectivity index (χ4n) is 4.57. The van der Waals surface area contributed by atoms with Crippen molar-refractivity contribution in [1.29, 1.82) is 0 Å². The van der Waals surface area contributed by atoms with Gasteiger partial charge in [0.1, 0.15) is 12.0 Å². The molecule has 1 saturated heterocycles. The van der Waals surface area contributed by atoms with Gasteiger partial charge in [-0.3, -0.25) is 9.78 Å². The SMILES string of the molecule is Cc1cccnc1C1(CNc2ccc(-c3cccc(C(=O)NC4CNC4)c3)nn2)CC(F)C1. The van der Waals surface area contributed by atoms with E-state index in [0.29, 0.717) is 36.5 Å². The van der Waals surface area contributed by atoms with Gasteiger partial charge in [0, 0.05) is 42.4 Å². The number of aromatic nitrogens is 3. The van der Waals surface area contributed by atoms with E-state index in [1.807, 2.05) is 49.4 Å². The van der Waals surface area contributed by atoms with Crippen LogP contribution in [0.3, 0.4) is 0 Å². The summed E-state index contributed by atoms with van der Waals surface area (Å²) < 4.78 is 13.9. The second kappa shape index (κ2) is 8.86. The summed E-state index contributed by atoms with van der Waals surface area (Å²) in [5, 5.41) is 18.1. The maximum atomic E-state index is 13.9. The van der Waals surface area contributed by atoms with Crippen molar-refractivity contribution >= 4 is 11.7 Å². The fraction of sp³-hybridized carbons (Fsp3) is 0.360. The molecule has 0 radical (unpaired) electrons. The summed E-state index contributed by atoms with van der Waals surface area (Å²) in [6, 6.07) is 15.2. The van der Waals surface area contributed by atoms with E-state index < -0.39 is 6.17 Å². The number of carbonyl (C=O) groups is 1. The van der Waals surface area contributed by atoms with Gasteiger partial charge in [-0.25, -0.2) is 4.39 Å². The number of carbonyl (C=O) groups excluding carboxylic acids is 1. The largest absolute Gasteiger partial charge is 0.368 e. The van der Waals surface area contributed by atoms with E-state index in [0.717, 1.165) is 29.9 Å². The third-order valence-electron chi connectivity index (χ3n) is 6.55. The molecule has 170 valence electrons. The van der Waals surface area contributed by atoms with Crippen LogP contribution in [-0.4, -0.2) is 52.9 Å². The molecule has 7 nitrogen and oxygen atoms in total. The van der Waals surface area contributed by atoms with Crippen LogP contribution in [-0.2, 0) is 5.41 Å². The molecule has 2 aliphatic rings. The lowest BCUT2D eigenvalue weighted by molar-refractivity contribution is 0.0923. The maximum Gasteiger partial charge on any atom is 0.251 e. The van der Waals surface area contributed by atoms with Crippen molar-refractivity contribution in [1.82, 2.24) is 25.8 Å². The van der Waals surface area contributed by atoms with E-state index in [-0.39, 0.29) is 17.4 Å². The first-order valence-electron chi connectivity index (χ1n) is 11.3. The Morgan fingerprint density at radius 2 is 2.00 bits per heavy atom. The van der Waals surface area contributed by atoms with Gasteiger partial charge < -0.3 is 16.0 Å². The molecule has 5 rings (SSSR count). The van der Waals surface area contributed by atoms with Crippen molar-refractivity contribution in [2.45, 2.75) is 37.4 Å². The number of anilines is 1. The number of halogens is 1. The lowest BCUT2D eigenvalue weighted by atomic mass is 9.64. The number of hydrogen-bond donors (Lipinski definition) is 3. The van der Waals surface area contributed by atoms with Crippen LogP contribution in [0.25, 0.3) is 11.3 Å². The Labute approximate surface area is 192 Å². The predicted octanol–water partition coefficient (Wildman–Crippen LogP) is 3.03. The van der Waals surface area contributed by atoms with E-state index in [9.17, 15) is 9.18 Å². The number of alkyl halides is 1. The molecule has 3 N–H and O–H groups in total. The Morgan fingerprint density at radius 3 is 2.67 bits per heavy atom. The molecule has 1 aliphatic heterocycles. The van der Waals surface area contributed by atoms with Crippen LogP contribution in [0.5, 0.6) is 0 Å². The number of amides is 1. The van der Waals surface area contributed by atoms with Crippen molar-refractivity contribution in [3.05, 3.63) is 71.5 Å². The average Bonchev–Trinajstić information content (AvgIpc) is 2.79. The Hall–Kier alpha value is -3.39. The summed E-state index contributed by atoms with van der Waals surface area (Å²) in [5.74, 6) is 0.539. The highest BCUT2D eigenvalue weighted by atomic mass is 19.1. The van der Waals surface area contributed by atoms with Crippen LogP contribution in [0.2, 0.25) is 0 Å². The molecule has 33 heavy (non-hydrogen) atoms. The number of aryl methyl sites for hydroxylation is 1. The monoisotopic (exact) mass is 446 g/mol. The van der Waals surface area contributed by atoms with Gasteiger partial charge in [0.15, 0.2) is 0 Å². The number of rotatable bonds is 7. The van der Waals surface area contributed by atoms with E-state index in [1.54, 1.807) is 12.3 Å². The Morgan fingerprint density at radius 1 is 1.15 bits per heavy atom. The van der Waals surface area contributed by atoms with Gasteiger partial charge in [0.25, 0.3) is 5.91 Å². The van der Waals surface area contributed by atoms with Crippen LogP contribution < -0.4 is 16.0 Å². The third kappa shape index (κ3) is 4.43. The van der Waals surface area contributed by atoms with Crippen molar-refractivity contribution < 1.29 is 9.18 Å². The molecule has 0 atom stereocenters. The topological polar surface area (TPSA) is 91.8 Å². The summed E-state index contributed by atoms with van der Waals surface area (Å²) in [5.41, 5.74) is 3.80. The van der Waals surface area contributed by atoms with Crippen LogP contribution in [0.1, 0.15) is 34.5 Å². The van der Waals surface area contributed by atoms with Gasteiger partial charge in [-0.2, -0.15) is 0 Å². The van der Waals surface area contributed by atoms with E-state index in [1.165, 1.54) is 0 Å². The van der Waals surface area contributed by atoms with Crippen LogP contribution in [0, 0.1) is 6.92 Å². The second-order valence-corrected chi connectivity index (χ2v) is 9.02. The minimum atomic E-state index is -0.799. The van der Waals surface area contributed by atoms with Gasteiger partial charge >= 0.3 is 0 Å². The molecule has 1 aliphatic carbocycles. The number of nitrogens with one attached hydrogen (secondary N) is 3. The third-order valence-corrected chi connectivity index (χ3v) is 6.55. The summed E-state index contributed by atoms with van der Waals surface area (Å²) in [4.78, 5) is 17.0. The van der Waals surface area contributed by atoms with Crippen molar-refractivity contribution in [3.8, 4) is 11.3 Å². The predicted molar refractivity (Wildman–Crippen MR) is 125 cm³/mol. The number of benzene rings is 1. The minimum absolute atomic E-state index is 0.0867. The second-order valence-electron chi connectivity index (χ2n) is 9.02. The zero-order valence-electron chi connectivity index (χ0n) is 18.5. The highest BCUT2D eigenvalue weighted by Crippen LogP contribution is 2.45. The first kappa shape index (κ1) is 21.5. The zero-order valence-corrected chi connectivity index (χ0v) is 18.5. The van der Waals surface area contributed by atoms with Gasteiger partial charge in [0.05, 0.1) is 17.4 Å². The first-order valence-corrected chi connectivity index (χ1v) is 11.3. The van der Waals surface area contributed by atoms with Crippen molar-refractivity contribution in [2.75, 3.05) is 25.0 Å². The molecule has 3 aromatic rings. The molecule has 1 aromatic carbocycles. The summed E-state index contributed by atoms with van der Waals surface area (Å²) in [6.07, 6.45) is 1.87. The van der Waals surface area contributed by atoms with Crippen LogP contribution >= 0.6 is 0 Å². The molecule has 1 amide bonds. The summed E-state index contributed by atoms with van der Waals surface area (Å²) in [6.45, 7) is 4.17. The number of hydrogen-bond acceptors (Lipinski definition) is 6. The molecule has 2 aromatic heterocycles. The van der Waals surface area contributed by atoms with Crippen molar-refractivity contribution in [2.24, 2.45) is 0 Å². The van der Waals surface area contributed by atoms with E-state index in [2.05, 4.69) is 31.1 Å². The lowest BCUT2D eigenvalue weighted by Crippen LogP contribution is -2.56. The van der Waals surface area contributed by atoms with Gasteiger partial charge in [-0.15, -0.1) is 10.2 Å². The molecule has 0 spiro atoms. The summed E-state index contributed by atoms with van der Waals surface area (Å²) >= 11 is 0. The molecule has 0 bridgehead atoms. The molecule has 0 unspecified atom stereocenters. The Balaban J connectivity index is 1.27. The van der Waals surface area contributed by atoms with Gasteiger partial charge in [-0.1, -0.05) is 18.2 Å². The number of pyridine rings is 1. The Bertz CT molecular complexity index is 1140. The maximum absolute atomic E-state index is 13.9. The highest BCUT2D eigenvalue weighted by Gasteiger charge is 2.47. The van der Waals surface area contributed by atoms with Crippen molar-refractivity contribution in [3.63, 3.8) is 0 Å². The molecule has 1 saturated carbocycles. The van der Waals surface area contributed by atoms with Crippen LogP contribution in [0.4, 0.5) is 10.2 Å². The zero-order chi connectivity index (χ0) is 22.8. The average molecular weight is 447 g/mol. The molecule has 8 heteroatoms. The normalized spacial score (nSPS) is 22.2. The minimum Gasteiger partial charge on any atom is -0.368 e. The first-order chi connectivity index (χ1) is 16.0. The van der Waals surface area contributed by atoms with Crippen LogP contribution in [0.15, 0.2) is 54.7 Å². The van der Waals surface area contributed by atoms with E-state index >= 15 is 0 Å².